The molecule has 0 bridgehead atoms. The number of aromatic amines is 1. The summed E-state index contributed by atoms with van der Waals surface area (Å²) < 4.78 is 0. The Hall–Kier alpha value is -2.63. The standard InChI is InChI=1S/C21H22N4O2S2/c1-4-12(2)9-16-13(3)29-20-18(16)19(27)24-21(25-20)28-11-17(26)23-15-7-5-14(10-22)6-8-15/h5-8,12H,4,9,11H2,1-3H3,(H,23,26)(H,24,25,27). The number of nitriles is 1. The van der Waals surface area contributed by atoms with Crippen molar-refractivity contribution in [3.8, 4) is 6.07 Å². The fraction of sp³-hybridized carbons (Fsp3) is 0.333. The number of hydrogen-bond acceptors (Lipinski definition) is 6. The molecule has 0 saturated carbocycles. The maximum atomic E-state index is 12.7. The van der Waals surface area contributed by atoms with Crippen LogP contribution in [0.1, 0.15) is 36.3 Å². The number of H-pyrrole nitrogens is 1. The highest BCUT2D eigenvalue weighted by atomic mass is 32.2. The molecule has 0 saturated heterocycles. The van der Waals surface area contributed by atoms with Crippen molar-refractivity contribution in [2.24, 2.45) is 5.92 Å². The third kappa shape index (κ3) is 5.05. The molecule has 0 aliphatic carbocycles. The molecule has 0 aliphatic rings. The summed E-state index contributed by atoms with van der Waals surface area (Å²) in [5.74, 6) is 0.423. The highest BCUT2D eigenvalue weighted by molar-refractivity contribution is 7.99. The number of thioether (sulfide) groups is 1. The molecule has 1 amide bonds. The molecule has 3 aromatic rings. The molecule has 0 aliphatic heterocycles. The van der Waals surface area contributed by atoms with Crippen LogP contribution in [0, 0.1) is 24.2 Å². The lowest BCUT2D eigenvalue weighted by Crippen LogP contribution is -2.15. The molecule has 2 heterocycles. The molecule has 8 heteroatoms. The maximum Gasteiger partial charge on any atom is 0.260 e. The lowest BCUT2D eigenvalue weighted by atomic mass is 9.98. The van der Waals surface area contributed by atoms with Crippen LogP contribution in [0.3, 0.4) is 0 Å². The predicted molar refractivity (Wildman–Crippen MR) is 119 cm³/mol. The zero-order valence-electron chi connectivity index (χ0n) is 16.5. The van der Waals surface area contributed by atoms with Gasteiger partial charge in [-0.15, -0.1) is 11.3 Å². The largest absolute Gasteiger partial charge is 0.325 e. The monoisotopic (exact) mass is 426 g/mol. The Balaban J connectivity index is 1.71. The van der Waals surface area contributed by atoms with Gasteiger partial charge in [0.15, 0.2) is 5.16 Å². The number of thiophene rings is 1. The van der Waals surface area contributed by atoms with Gasteiger partial charge in [0.2, 0.25) is 5.91 Å². The Morgan fingerprint density at radius 1 is 1.38 bits per heavy atom. The Bertz CT molecular complexity index is 1130. The number of fused-ring (bicyclic) bond motifs is 1. The van der Waals surface area contributed by atoms with Crippen molar-refractivity contribution in [3.05, 3.63) is 50.6 Å². The Kier molecular flexibility index (Phi) is 6.72. The van der Waals surface area contributed by atoms with Crippen molar-refractivity contribution in [2.75, 3.05) is 11.1 Å². The van der Waals surface area contributed by atoms with Gasteiger partial charge in [-0.1, -0.05) is 32.0 Å². The predicted octanol–water partition coefficient (Wildman–Crippen LogP) is 4.48. The molecular weight excluding hydrogens is 404 g/mol. The molecule has 1 aromatic carbocycles. The summed E-state index contributed by atoms with van der Waals surface area (Å²) in [6, 6.07) is 8.69. The quantitative estimate of drug-likeness (QED) is 0.429. The normalized spacial score (nSPS) is 11.9. The van der Waals surface area contributed by atoms with Gasteiger partial charge in [0.1, 0.15) is 4.83 Å². The van der Waals surface area contributed by atoms with Gasteiger partial charge in [0, 0.05) is 10.6 Å². The molecular formula is C21H22N4O2S2. The second-order valence-corrected chi connectivity index (χ2v) is 9.10. The number of aryl methyl sites for hydroxylation is 1. The fourth-order valence-electron chi connectivity index (χ4n) is 2.92. The molecule has 0 radical (unpaired) electrons. The minimum atomic E-state index is -0.206. The Morgan fingerprint density at radius 3 is 2.76 bits per heavy atom. The van der Waals surface area contributed by atoms with E-state index in [2.05, 4.69) is 29.1 Å². The second-order valence-electron chi connectivity index (χ2n) is 6.93. The van der Waals surface area contributed by atoms with Crippen LogP contribution in [0.4, 0.5) is 5.69 Å². The highest BCUT2D eigenvalue weighted by Crippen LogP contribution is 2.30. The van der Waals surface area contributed by atoms with E-state index < -0.39 is 0 Å². The van der Waals surface area contributed by atoms with Gasteiger partial charge in [0.25, 0.3) is 5.56 Å². The molecule has 0 fully saturated rings. The van der Waals surface area contributed by atoms with Crippen LogP contribution in [0.15, 0.2) is 34.2 Å². The van der Waals surface area contributed by atoms with Crippen LogP contribution in [0.2, 0.25) is 0 Å². The van der Waals surface area contributed by atoms with Crippen molar-refractivity contribution < 1.29 is 4.79 Å². The van der Waals surface area contributed by atoms with Gasteiger partial charge >= 0.3 is 0 Å². The molecule has 1 atom stereocenters. The minimum Gasteiger partial charge on any atom is -0.325 e. The van der Waals surface area contributed by atoms with E-state index in [1.807, 2.05) is 13.0 Å². The number of carbonyl (C=O) groups is 1. The summed E-state index contributed by atoms with van der Waals surface area (Å²) >= 11 is 2.72. The first-order chi connectivity index (χ1) is 13.9. The van der Waals surface area contributed by atoms with Gasteiger partial charge in [-0.05, 0) is 49.1 Å². The summed E-state index contributed by atoms with van der Waals surface area (Å²) in [7, 11) is 0. The molecule has 1 unspecified atom stereocenters. The van der Waals surface area contributed by atoms with E-state index in [-0.39, 0.29) is 17.2 Å². The maximum absolute atomic E-state index is 12.7. The first kappa shape index (κ1) is 21.1. The van der Waals surface area contributed by atoms with E-state index >= 15 is 0 Å². The smallest absolute Gasteiger partial charge is 0.260 e. The van der Waals surface area contributed by atoms with Crippen molar-refractivity contribution in [1.82, 2.24) is 9.97 Å². The van der Waals surface area contributed by atoms with Gasteiger partial charge in [-0.2, -0.15) is 5.26 Å². The summed E-state index contributed by atoms with van der Waals surface area (Å²) in [6.45, 7) is 6.36. The number of aromatic nitrogens is 2. The van der Waals surface area contributed by atoms with Crippen LogP contribution in [-0.4, -0.2) is 21.6 Å². The topological polar surface area (TPSA) is 98.6 Å². The molecule has 150 valence electrons. The summed E-state index contributed by atoms with van der Waals surface area (Å²) in [4.78, 5) is 34.1. The molecule has 29 heavy (non-hydrogen) atoms. The lowest BCUT2D eigenvalue weighted by Gasteiger charge is -2.08. The number of amides is 1. The number of nitrogens with zero attached hydrogens (tertiary/aromatic N) is 2. The van der Waals surface area contributed by atoms with E-state index in [0.29, 0.717) is 27.7 Å². The lowest BCUT2D eigenvalue weighted by molar-refractivity contribution is -0.113. The van der Waals surface area contributed by atoms with E-state index in [9.17, 15) is 9.59 Å². The number of nitrogens with one attached hydrogen (secondary N) is 2. The SMILES string of the molecule is CCC(C)Cc1c(C)sc2nc(SCC(=O)Nc3ccc(C#N)cc3)[nH]c(=O)c12. The van der Waals surface area contributed by atoms with Crippen molar-refractivity contribution >= 4 is 44.9 Å². The van der Waals surface area contributed by atoms with E-state index in [1.54, 1.807) is 24.3 Å². The Labute approximate surface area is 177 Å². The molecule has 3 rings (SSSR count). The number of carbonyl (C=O) groups excluding carboxylic acids is 1. The van der Waals surface area contributed by atoms with Gasteiger partial charge in [0.05, 0.1) is 22.8 Å². The Morgan fingerprint density at radius 2 is 2.10 bits per heavy atom. The zero-order valence-corrected chi connectivity index (χ0v) is 18.2. The number of hydrogen-bond donors (Lipinski definition) is 2. The average Bonchev–Trinajstić information content (AvgIpc) is 3.02. The molecule has 2 N–H and O–H groups in total. The van der Waals surface area contributed by atoms with Crippen molar-refractivity contribution in [3.63, 3.8) is 0 Å². The van der Waals surface area contributed by atoms with Crippen LogP contribution in [-0.2, 0) is 11.2 Å². The zero-order chi connectivity index (χ0) is 21.0. The molecule has 2 aromatic heterocycles. The number of rotatable bonds is 7. The van der Waals surface area contributed by atoms with Crippen molar-refractivity contribution in [2.45, 2.75) is 38.8 Å². The van der Waals surface area contributed by atoms with Crippen LogP contribution >= 0.6 is 23.1 Å². The van der Waals surface area contributed by atoms with Crippen LogP contribution in [0.5, 0.6) is 0 Å². The minimum absolute atomic E-state index is 0.124. The molecule has 6 nitrogen and oxygen atoms in total. The van der Waals surface area contributed by atoms with Crippen molar-refractivity contribution in [1.29, 1.82) is 5.26 Å². The second kappa shape index (κ2) is 9.25. The highest BCUT2D eigenvalue weighted by Gasteiger charge is 2.17. The molecule has 0 spiro atoms. The van der Waals surface area contributed by atoms with Gasteiger partial charge in [-0.3, -0.25) is 9.59 Å². The first-order valence-electron chi connectivity index (χ1n) is 9.36. The van der Waals surface area contributed by atoms with Crippen LogP contribution < -0.4 is 10.9 Å². The summed E-state index contributed by atoms with van der Waals surface area (Å²) in [6.07, 6.45) is 1.93. The first-order valence-corrected chi connectivity index (χ1v) is 11.2. The fourth-order valence-corrected chi connectivity index (χ4v) is 4.69. The van der Waals surface area contributed by atoms with Gasteiger partial charge < -0.3 is 10.3 Å². The van der Waals surface area contributed by atoms with Gasteiger partial charge in [-0.25, -0.2) is 4.98 Å². The van der Waals surface area contributed by atoms with Crippen LogP contribution in [0.25, 0.3) is 10.2 Å². The third-order valence-electron chi connectivity index (χ3n) is 4.73. The summed E-state index contributed by atoms with van der Waals surface area (Å²) in [5.41, 5.74) is 2.09. The van der Waals surface area contributed by atoms with E-state index in [1.165, 1.54) is 23.1 Å². The van der Waals surface area contributed by atoms with E-state index in [0.717, 1.165) is 28.1 Å². The number of benzene rings is 1. The summed E-state index contributed by atoms with van der Waals surface area (Å²) in [5, 5.41) is 12.7. The van der Waals surface area contributed by atoms with E-state index in [4.69, 9.17) is 5.26 Å². The third-order valence-corrected chi connectivity index (χ3v) is 6.64. The number of anilines is 1. The average molecular weight is 427 g/mol.